The standard InChI is InChI=1S/C19H29N3O3/c1-2-21(13-17(23)14-22-8-10-24-11-9-22)15-18-12-19(20-25-18)16-6-4-3-5-7-16/h3-7,17-18,23H,2,8-15H2,1H3. The Morgan fingerprint density at radius 2 is 2.04 bits per heavy atom. The van der Waals surface area contributed by atoms with Crippen LogP contribution in [0.3, 0.4) is 0 Å². The molecule has 0 amide bonds. The van der Waals surface area contributed by atoms with Crippen LogP contribution in [0.25, 0.3) is 0 Å². The van der Waals surface area contributed by atoms with Crippen LogP contribution in [0.5, 0.6) is 0 Å². The second-order valence-electron chi connectivity index (χ2n) is 6.75. The number of benzene rings is 1. The Morgan fingerprint density at radius 3 is 2.76 bits per heavy atom. The molecular weight excluding hydrogens is 318 g/mol. The SMILES string of the molecule is CCN(CC(O)CN1CCOCC1)CC1CC(c2ccccc2)=NO1. The summed E-state index contributed by atoms with van der Waals surface area (Å²) in [6, 6.07) is 10.2. The Hall–Kier alpha value is -1.47. The summed E-state index contributed by atoms with van der Waals surface area (Å²) in [5, 5.41) is 14.7. The lowest BCUT2D eigenvalue weighted by Crippen LogP contribution is -2.45. The van der Waals surface area contributed by atoms with Crippen molar-refractivity contribution in [1.82, 2.24) is 9.80 Å². The Kier molecular flexibility index (Phi) is 6.81. The van der Waals surface area contributed by atoms with Crippen LogP contribution >= 0.6 is 0 Å². The van der Waals surface area contributed by atoms with Crippen molar-refractivity contribution in [3.05, 3.63) is 35.9 Å². The minimum absolute atomic E-state index is 0.0609. The fourth-order valence-electron chi connectivity index (χ4n) is 3.39. The summed E-state index contributed by atoms with van der Waals surface area (Å²) in [5.41, 5.74) is 2.14. The second kappa shape index (κ2) is 9.29. The van der Waals surface area contributed by atoms with E-state index in [1.165, 1.54) is 0 Å². The number of β-amino-alcohol motifs (C(OH)–C–C–N with tert-alkyl or cyclic N) is 1. The van der Waals surface area contributed by atoms with Crippen LogP contribution in [0, 0.1) is 0 Å². The molecule has 138 valence electrons. The van der Waals surface area contributed by atoms with Gasteiger partial charge in [-0.15, -0.1) is 0 Å². The van der Waals surface area contributed by atoms with Gasteiger partial charge in [-0.3, -0.25) is 9.80 Å². The zero-order valence-electron chi connectivity index (χ0n) is 15.0. The first-order valence-electron chi connectivity index (χ1n) is 9.23. The first-order chi connectivity index (χ1) is 12.2. The number of aliphatic hydroxyl groups is 1. The maximum Gasteiger partial charge on any atom is 0.145 e. The Labute approximate surface area is 150 Å². The van der Waals surface area contributed by atoms with Gasteiger partial charge in [-0.2, -0.15) is 0 Å². The number of rotatable bonds is 8. The van der Waals surface area contributed by atoms with Crippen LogP contribution < -0.4 is 0 Å². The molecule has 1 aromatic carbocycles. The molecule has 2 aliphatic heterocycles. The van der Waals surface area contributed by atoms with Crippen molar-refractivity contribution in [2.45, 2.75) is 25.6 Å². The molecule has 0 aromatic heterocycles. The van der Waals surface area contributed by atoms with Crippen LogP contribution in [-0.2, 0) is 9.57 Å². The lowest BCUT2D eigenvalue weighted by molar-refractivity contribution is -0.000469. The third kappa shape index (κ3) is 5.51. The molecule has 0 saturated carbocycles. The van der Waals surface area contributed by atoms with Crippen LogP contribution in [-0.4, -0.2) is 85.3 Å². The summed E-state index contributed by atoms with van der Waals surface area (Å²) < 4.78 is 5.36. The van der Waals surface area contributed by atoms with Crippen molar-refractivity contribution in [3.63, 3.8) is 0 Å². The minimum Gasteiger partial charge on any atom is -0.390 e. The maximum absolute atomic E-state index is 10.4. The minimum atomic E-state index is -0.353. The Balaban J connectivity index is 1.43. The zero-order valence-corrected chi connectivity index (χ0v) is 15.0. The number of morpholine rings is 1. The van der Waals surface area contributed by atoms with E-state index in [1.54, 1.807) is 0 Å². The van der Waals surface area contributed by atoms with E-state index in [9.17, 15) is 5.11 Å². The van der Waals surface area contributed by atoms with E-state index in [0.717, 1.165) is 57.1 Å². The molecule has 0 radical (unpaired) electrons. The number of oxime groups is 1. The summed E-state index contributed by atoms with van der Waals surface area (Å²) >= 11 is 0. The van der Waals surface area contributed by atoms with E-state index >= 15 is 0 Å². The second-order valence-corrected chi connectivity index (χ2v) is 6.75. The molecule has 0 bridgehead atoms. The van der Waals surface area contributed by atoms with E-state index in [0.29, 0.717) is 13.1 Å². The number of hydrogen-bond donors (Lipinski definition) is 1. The predicted octanol–water partition coefficient (Wildman–Crippen LogP) is 1.19. The Morgan fingerprint density at radius 1 is 1.28 bits per heavy atom. The fourth-order valence-corrected chi connectivity index (χ4v) is 3.39. The molecule has 2 heterocycles. The molecule has 1 aromatic rings. The smallest absolute Gasteiger partial charge is 0.145 e. The summed E-state index contributed by atoms with van der Waals surface area (Å²) in [4.78, 5) is 10.1. The number of nitrogens with zero attached hydrogens (tertiary/aromatic N) is 3. The average molecular weight is 347 g/mol. The molecule has 25 heavy (non-hydrogen) atoms. The first kappa shape index (κ1) is 18.3. The van der Waals surface area contributed by atoms with Crippen LogP contribution in [0.2, 0.25) is 0 Å². The van der Waals surface area contributed by atoms with Crippen LogP contribution in [0.15, 0.2) is 35.5 Å². The van der Waals surface area contributed by atoms with E-state index < -0.39 is 0 Å². The summed E-state index contributed by atoms with van der Waals surface area (Å²) in [5.74, 6) is 0. The van der Waals surface area contributed by atoms with E-state index in [-0.39, 0.29) is 12.2 Å². The van der Waals surface area contributed by atoms with Crippen molar-refractivity contribution in [2.75, 3.05) is 52.5 Å². The van der Waals surface area contributed by atoms with E-state index in [1.807, 2.05) is 18.2 Å². The van der Waals surface area contributed by atoms with E-state index in [4.69, 9.17) is 9.57 Å². The van der Waals surface area contributed by atoms with Crippen molar-refractivity contribution in [2.24, 2.45) is 5.16 Å². The van der Waals surface area contributed by atoms with Crippen molar-refractivity contribution in [3.8, 4) is 0 Å². The van der Waals surface area contributed by atoms with Crippen molar-refractivity contribution >= 4 is 5.71 Å². The molecule has 3 rings (SSSR count). The molecule has 2 atom stereocenters. The lowest BCUT2D eigenvalue weighted by atomic mass is 10.0. The molecule has 1 N–H and O–H groups in total. The lowest BCUT2D eigenvalue weighted by Gasteiger charge is -2.31. The highest BCUT2D eigenvalue weighted by atomic mass is 16.6. The van der Waals surface area contributed by atoms with Gasteiger partial charge >= 0.3 is 0 Å². The molecule has 6 heteroatoms. The summed E-state index contributed by atoms with van der Waals surface area (Å²) in [7, 11) is 0. The van der Waals surface area contributed by atoms with Gasteiger partial charge in [0.25, 0.3) is 0 Å². The van der Waals surface area contributed by atoms with Crippen LogP contribution in [0.4, 0.5) is 0 Å². The third-order valence-electron chi connectivity index (χ3n) is 4.79. The average Bonchev–Trinajstić information content (AvgIpc) is 3.11. The van der Waals surface area contributed by atoms with Gasteiger partial charge in [0.05, 0.1) is 25.0 Å². The topological polar surface area (TPSA) is 57.5 Å². The molecule has 2 unspecified atom stereocenters. The van der Waals surface area contributed by atoms with Gasteiger partial charge in [0.15, 0.2) is 0 Å². The molecule has 0 spiro atoms. The molecule has 1 fully saturated rings. The summed E-state index contributed by atoms with van der Waals surface area (Å²) in [6.45, 7) is 8.50. The number of aliphatic hydroxyl groups excluding tert-OH is 1. The van der Waals surface area contributed by atoms with Gasteiger partial charge < -0.3 is 14.7 Å². The highest BCUT2D eigenvalue weighted by Gasteiger charge is 2.25. The monoisotopic (exact) mass is 347 g/mol. The molecule has 1 saturated heterocycles. The summed E-state index contributed by atoms with van der Waals surface area (Å²) in [6.07, 6.45) is 0.528. The highest BCUT2D eigenvalue weighted by Crippen LogP contribution is 2.17. The molecular formula is C19H29N3O3. The normalized spacial score (nSPS) is 22.7. The Bertz CT molecular complexity index is 546. The highest BCUT2D eigenvalue weighted by molar-refractivity contribution is 6.01. The zero-order chi connectivity index (χ0) is 17.5. The van der Waals surface area contributed by atoms with Gasteiger partial charge in [0.1, 0.15) is 6.10 Å². The molecule has 0 aliphatic carbocycles. The van der Waals surface area contributed by atoms with Crippen molar-refractivity contribution < 1.29 is 14.7 Å². The largest absolute Gasteiger partial charge is 0.390 e. The predicted molar refractivity (Wildman–Crippen MR) is 97.8 cm³/mol. The van der Waals surface area contributed by atoms with Gasteiger partial charge in [0.2, 0.25) is 0 Å². The third-order valence-corrected chi connectivity index (χ3v) is 4.79. The van der Waals surface area contributed by atoms with E-state index in [2.05, 4.69) is 34.0 Å². The van der Waals surface area contributed by atoms with Gasteiger partial charge in [-0.1, -0.05) is 42.4 Å². The fraction of sp³-hybridized carbons (Fsp3) is 0.632. The molecule has 2 aliphatic rings. The van der Waals surface area contributed by atoms with Crippen LogP contribution in [0.1, 0.15) is 18.9 Å². The quantitative estimate of drug-likeness (QED) is 0.766. The molecule has 6 nitrogen and oxygen atoms in total. The first-order valence-corrected chi connectivity index (χ1v) is 9.23. The maximum atomic E-state index is 10.4. The van der Waals surface area contributed by atoms with Gasteiger partial charge in [-0.05, 0) is 12.1 Å². The van der Waals surface area contributed by atoms with Crippen molar-refractivity contribution in [1.29, 1.82) is 0 Å². The van der Waals surface area contributed by atoms with Gasteiger partial charge in [0, 0.05) is 39.1 Å². The van der Waals surface area contributed by atoms with Gasteiger partial charge in [-0.25, -0.2) is 0 Å². The number of likely N-dealkylation sites (N-methyl/N-ethyl adjacent to an activating group) is 1. The number of hydrogen-bond acceptors (Lipinski definition) is 6. The number of ether oxygens (including phenoxy) is 1.